The largest absolute Gasteiger partial charge is 0.444 e. The zero-order valence-corrected chi connectivity index (χ0v) is 20.5. The molecule has 8 nitrogen and oxygen atoms in total. The molecule has 1 amide bonds. The highest BCUT2D eigenvalue weighted by Crippen LogP contribution is 2.36. The summed E-state index contributed by atoms with van der Waals surface area (Å²) >= 11 is 0. The van der Waals surface area contributed by atoms with Gasteiger partial charge >= 0.3 is 0 Å². The molecular weight excluding hydrogens is 478 g/mol. The predicted octanol–water partition coefficient (Wildman–Crippen LogP) is 4.86. The summed E-state index contributed by atoms with van der Waals surface area (Å²) in [4.78, 5) is 19.1. The zero-order valence-electron chi connectivity index (χ0n) is 20.5. The molecule has 37 heavy (non-hydrogen) atoms. The van der Waals surface area contributed by atoms with Gasteiger partial charge in [0, 0.05) is 24.4 Å². The number of aromatic nitrogens is 3. The Morgan fingerprint density at radius 3 is 2.81 bits per heavy atom. The van der Waals surface area contributed by atoms with Crippen LogP contribution in [0.25, 0.3) is 17.0 Å². The number of fused-ring (bicyclic) bond motifs is 1. The molecule has 1 aromatic carbocycles. The molecule has 2 N–H and O–H groups in total. The van der Waals surface area contributed by atoms with E-state index in [1.165, 1.54) is 6.26 Å². The van der Waals surface area contributed by atoms with Crippen molar-refractivity contribution in [2.45, 2.75) is 38.0 Å². The Morgan fingerprint density at radius 2 is 2.05 bits per heavy atom. The quantitative estimate of drug-likeness (QED) is 0.402. The van der Waals surface area contributed by atoms with Gasteiger partial charge in [0.1, 0.15) is 6.26 Å². The van der Waals surface area contributed by atoms with E-state index in [4.69, 9.17) is 9.52 Å². The number of nitrogens with one attached hydrogen (secondary N) is 2. The number of nitrogens with zero attached hydrogens (tertiary/aromatic N) is 4. The molecule has 0 atom stereocenters. The number of oxazole rings is 1. The van der Waals surface area contributed by atoms with Crippen molar-refractivity contribution in [1.29, 1.82) is 0 Å². The van der Waals surface area contributed by atoms with Gasteiger partial charge in [-0.3, -0.25) is 4.79 Å². The van der Waals surface area contributed by atoms with Crippen molar-refractivity contribution in [2.24, 2.45) is 0 Å². The van der Waals surface area contributed by atoms with E-state index in [2.05, 4.69) is 15.6 Å². The molecule has 0 aliphatic carbocycles. The molecule has 2 saturated heterocycles. The Labute approximate surface area is 212 Å². The van der Waals surface area contributed by atoms with Crippen LogP contribution in [-0.4, -0.2) is 52.6 Å². The number of amides is 1. The van der Waals surface area contributed by atoms with Crippen LogP contribution >= 0.6 is 0 Å². The number of hydrogen-bond donors (Lipinski definition) is 2. The second-order valence-corrected chi connectivity index (χ2v) is 9.92. The minimum atomic E-state index is -2.78. The summed E-state index contributed by atoms with van der Waals surface area (Å²) in [6.45, 7) is 3.62. The average Bonchev–Trinajstić information content (AvgIpc) is 3.62. The van der Waals surface area contributed by atoms with Gasteiger partial charge in [-0.15, -0.1) is 0 Å². The van der Waals surface area contributed by atoms with E-state index in [0.29, 0.717) is 23.2 Å². The molecule has 3 aromatic heterocycles. The first kappa shape index (κ1) is 23.6. The van der Waals surface area contributed by atoms with Crippen molar-refractivity contribution >= 4 is 22.8 Å². The first-order valence-electron chi connectivity index (χ1n) is 12.6. The summed E-state index contributed by atoms with van der Waals surface area (Å²) in [5, 5.41) is 11.0. The van der Waals surface area contributed by atoms with E-state index in [-0.39, 0.29) is 18.7 Å². The van der Waals surface area contributed by atoms with E-state index in [0.717, 1.165) is 48.3 Å². The smallest absolute Gasteiger partial charge is 0.277 e. The molecule has 2 aliphatic heterocycles. The minimum Gasteiger partial charge on any atom is -0.444 e. The van der Waals surface area contributed by atoms with Crippen LogP contribution in [0, 0.1) is 6.92 Å². The molecule has 0 saturated carbocycles. The summed E-state index contributed by atoms with van der Waals surface area (Å²) in [6.07, 6.45) is 4.80. The maximum Gasteiger partial charge on any atom is 0.277 e. The van der Waals surface area contributed by atoms with Gasteiger partial charge in [-0.05, 0) is 57.1 Å². The molecule has 0 unspecified atom stereocenters. The minimum absolute atomic E-state index is 0.109. The van der Waals surface area contributed by atoms with Gasteiger partial charge in [-0.2, -0.15) is 5.10 Å². The van der Waals surface area contributed by atoms with E-state index < -0.39 is 18.4 Å². The van der Waals surface area contributed by atoms with E-state index >= 15 is 0 Å². The van der Waals surface area contributed by atoms with Crippen molar-refractivity contribution in [3.05, 3.63) is 65.8 Å². The third-order valence-electron chi connectivity index (χ3n) is 7.11. The third kappa shape index (κ3) is 4.81. The van der Waals surface area contributed by atoms with Crippen LogP contribution < -0.4 is 15.5 Å². The fourth-order valence-electron chi connectivity index (χ4n) is 5.13. The zero-order chi connectivity index (χ0) is 25.6. The van der Waals surface area contributed by atoms with Crippen molar-refractivity contribution in [3.63, 3.8) is 0 Å². The van der Waals surface area contributed by atoms with E-state index in [1.54, 1.807) is 21.7 Å². The molecule has 4 aromatic rings. The number of pyridine rings is 1. The maximum absolute atomic E-state index is 14.1. The van der Waals surface area contributed by atoms with Gasteiger partial charge in [-0.1, -0.05) is 17.7 Å². The molecule has 0 spiro atoms. The summed E-state index contributed by atoms with van der Waals surface area (Å²) in [6, 6.07) is 11.5. The highest BCUT2D eigenvalue weighted by molar-refractivity contribution is 6.05. The van der Waals surface area contributed by atoms with Crippen LogP contribution in [-0.2, 0) is 0 Å². The van der Waals surface area contributed by atoms with Gasteiger partial charge in [0.15, 0.2) is 5.69 Å². The molecule has 0 bridgehead atoms. The molecule has 0 radical (unpaired) electrons. The predicted molar refractivity (Wildman–Crippen MR) is 136 cm³/mol. The lowest BCUT2D eigenvalue weighted by Crippen LogP contribution is -2.27. The normalized spacial score (nSPS) is 18.0. The number of halogens is 2. The number of anilines is 2. The molecule has 2 fully saturated rings. The first-order chi connectivity index (χ1) is 17.8. The summed E-state index contributed by atoms with van der Waals surface area (Å²) in [5.41, 5.74) is 4.63. The highest BCUT2D eigenvalue weighted by atomic mass is 19.3. The van der Waals surface area contributed by atoms with Crippen molar-refractivity contribution in [2.75, 3.05) is 36.4 Å². The fraction of sp³-hybridized carbons (Fsp3) is 0.370. The standard InChI is InChI=1S/C27H28F2N6O2/c1-17-3-2-4-19(11-17)26-32-23(15-37-26)25(36)31-22-13-20-12-21(18-5-8-30-9-6-18)33-35(20)14-24(22)34-10-7-27(28,29)16-34/h2-4,11-15,18,30H,5-10,16H2,1H3,(H,31,36). The number of carbonyl (C=O) groups is 1. The van der Waals surface area contributed by atoms with Crippen LogP contribution in [0.3, 0.4) is 0 Å². The topological polar surface area (TPSA) is 87.7 Å². The SMILES string of the molecule is Cc1cccc(-c2nc(C(=O)Nc3cc4cc(C5CCNCC5)nn4cc3N3CCC(F)(F)C3)co2)c1. The van der Waals surface area contributed by atoms with Gasteiger partial charge in [-0.25, -0.2) is 18.3 Å². The summed E-state index contributed by atoms with van der Waals surface area (Å²) in [7, 11) is 0. The summed E-state index contributed by atoms with van der Waals surface area (Å²) < 4.78 is 35.5. The lowest BCUT2D eigenvalue weighted by atomic mass is 9.95. The molecular formula is C27H28F2N6O2. The third-order valence-corrected chi connectivity index (χ3v) is 7.11. The Hall–Kier alpha value is -3.79. The number of alkyl halides is 2. The maximum atomic E-state index is 14.1. The van der Waals surface area contributed by atoms with E-state index in [9.17, 15) is 13.6 Å². The van der Waals surface area contributed by atoms with Crippen molar-refractivity contribution in [3.8, 4) is 11.5 Å². The lowest BCUT2D eigenvalue weighted by molar-refractivity contribution is 0.0257. The van der Waals surface area contributed by atoms with Gasteiger partial charge in [0.25, 0.3) is 11.8 Å². The summed E-state index contributed by atoms with van der Waals surface area (Å²) in [5.74, 6) is -2.58. The number of benzene rings is 1. The number of rotatable bonds is 5. The van der Waals surface area contributed by atoms with Gasteiger partial charge < -0.3 is 20.0 Å². The number of piperidine rings is 1. The van der Waals surface area contributed by atoms with Crippen LogP contribution in [0.5, 0.6) is 0 Å². The Morgan fingerprint density at radius 1 is 1.22 bits per heavy atom. The van der Waals surface area contributed by atoms with E-state index in [1.807, 2.05) is 37.3 Å². The van der Waals surface area contributed by atoms with Gasteiger partial charge in [0.2, 0.25) is 5.89 Å². The van der Waals surface area contributed by atoms with Crippen LogP contribution in [0.2, 0.25) is 0 Å². The number of carbonyl (C=O) groups excluding carboxylic acids is 1. The average molecular weight is 507 g/mol. The van der Waals surface area contributed by atoms with Crippen LogP contribution in [0.1, 0.15) is 46.9 Å². The van der Waals surface area contributed by atoms with Crippen molar-refractivity contribution < 1.29 is 18.0 Å². The number of hydrogen-bond acceptors (Lipinski definition) is 6. The molecule has 2 aliphatic rings. The van der Waals surface area contributed by atoms with Crippen molar-refractivity contribution in [1.82, 2.24) is 19.9 Å². The highest BCUT2D eigenvalue weighted by Gasteiger charge is 2.39. The number of aryl methyl sites for hydroxylation is 1. The van der Waals surface area contributed by atoms with Gasteiger partial charge in [0.05, 0.1) is 35.3 Å². The molecule has 10 heteroatoms. The Bertz CT molecular complexity index is 1460. The lowest BCUT2D eigenvalue weighted by Gasteiger charge is -2.22. The molecule has 6 rings (SSSR count). The monoisotopic (exact) mass is 506 g/mol. The molecule has 5 heterocycles. The van der Waals surface area contributed by atoms with Crippen LogP contribution in [0.15, 0.2) is 53.3 Å². The second-order valence-electron chi connectivity index (χ2n) is 9.92. The second kappa shape index (κ2) is 9.26. The first-order valence-corrected chi connectivity index (χ1v) is 12.6. The molecule has 192 valence electrons. The Balaban J connectivity index is 1.32. The van der Waals surface area contributed by atoms with Crippen LogP contribution in [0.4, 0.5) is 20.2 Å². The fourth-order valence-corrected chi connectivity index (χ4v) is 5.13. The Kier molecular flexibility index (Phi) is 5.91.